The maximum absolute atomic E-state index is 13.3. The first-order valence-corrected chi connectivity index (χ1v) is 11.3. The van der Waals surface area contributed by atoms with E-state index in [-0.39, 0.29) is 5.82 Å². The molecule has 2 heterocycles. The molecule has 1 atom stereocenters. The largest absolute Gasteiger partial charge is 0.381 e. The maximum atomic E-state index is 13.3. The topological polar surface area (TPSA) is 58.1 Å². The molecule has 168 valence electrons. The van der Waals surface area contributed by atoms with E-state index < -0.39 is 0 Å². The van der Waals surface area contributed by atoms with Gasteiger partial charge in [-0.15, -0.1) is 0 Å². The van der Waals surface area contributed by atoms with Gasteiger partial charge < -0.3 is 20.1 Å². The van der Waals surface area contributed by atoms with Crippen LogP contribution in [0.25, 0.3) is 0 Å². The van der Waals surface area contributed by atoms with E-state index in [1.807, 2.05) is 0 Å². The molecule has 2 fully saturated rings. The number of likely N-dealkylation sites (tertiary alicyclic amines) is 1. The highest BCUT2D eigenvalue weighted by Crippen LogP contribution is 2.21. The number of nitrogens with zero attached hydrogens (tertiary/aromatic N) is 2. The average molecular weight is 441 g/mol. The summed E-state index contributed by atoms with van der Waals surface area (Å²) in [6.07, 6.45) is 5.49. The molecule has 0 bridgehead atoms. The first kappa shape index (κ1) is 23.3. The highest BCUT2D eigenvalue weighted by Gasteiger charge is 2.21. The second kappa shape index (κ2) is 12.4. The summed E-state index contributed by atoms with van der Waals surface area (Å²) < 4.78 is 24.5. The standard InChI is InChI=1S/C22H34ClFN4O2/c1-25-22(26-9-3-11-30-20-7-12-29-13-8-20)27-19-4-2-10-28(16-19)15-17-5-6-18(24)14-21(17)23/h5-6,14,19-20H,2-4,7-13,15-16H2,1H3,(H2,25,26,27). The Morgan fingerprint density at radius 3 is 2.93 bits per heavy atom. The molecule has 0 aromatic heterocycles. The Balaban J connectivity index is 1.36. The van der Waals surface area contributed by atoms with Gasteiger partial charge in [-0.1, -0.05) is 17.7 Å². The minimum absolute atomic E-state index is 0.296. The van der Waals surface area contributed by atoms with E-state index in [0.717, 1.165) is 89.6 Å². The maximum Gasteiger partial charge on any atom is 0.191 e. The lowest BCUT2D eigenvalue weighted by atomic mass is 10.0. The van der Waals surface area contributed by atoms with Gasteiger partial charge in [-0.2, -0.15) is 0 Å². The molecule has 30 heavy (non-hydrogen) atoms. The minimum atomic E-state index is -0.296. The van der Waals surface area contributed by atoms with Crippen molar-refractivity contribution in [2.75, 3.05) is 46.5 Å². The van der Waals surface area contributed by atoms with Crippen LogP contribution in [0.15, 0.2) is 23.2 Å². The summed E-state index contributed by atoms with van der Waals surface area (Å²) >= 11 is 6.20. The van der Waals surface area contributed by atoms with Gasteiger partial charge in [0.1, 0.15) is 5.82 Å². The fourth-order valence-corrected chi connectivity index (χ4v) is 4.19. The van der Waals surface area contributed by atoms with Crippen LogP contribution in [0.2, 0.25) is 5.02 Å². The van der Waals surface area contributed by atoms with Gasteiger partial charge in [-0.3, -0.25) is 9.89 Å². The van der Waals surface area contributed by atoms with Crippen LogP contribution in [0.4, 0.5) is 4.39 Å². The zero-order valence-corrected chi connectivity index (χ0v) is 18.6. The fourth-order valence-electron chi connectivity index (χ4n) is 3.97. The number of guanidine groups is 1. The number of rotatable bonds is 8. The smallest absolute Gasteiger partial charge is 0.191 e. The molecule has 0 spiro atoms. The van der Waals surface area contributed by atoms with E-state index in [1.54, 1.807) is 13.1 Å². The molecule has 3 rings (SSSR count). The Kier molecular flexibility index (Phi) is 9.65. The first-order chi connectivity index (χ1) is 14.6. The summed E-state index contributed by atoms with van der Waals surface area (Å²) in [6.45, 7) is 5.85. The molecular formula is C22H34ClFN4O2. The SMILES string of the molecule is CN=C(NCCCOC1CCOCC1)NC1CCCN(Cc2ccc(F)cc2Cl)C1. The van der Waals surface area contributed by atoms with Crippen LogP contribution in [0.3, 0.4) is 0 Å². The molecule has 2 N–H and O–H groups in total. The van der Waals surface area contributed by atoms with Crippen molar-refractivity contribution in [2.45, 2.75) is 50.8 Å². The number of hydrogen-bond acceptors (Lipinski definition) is 4. The Hall–Kier alpha value is -1.41. The number of ether oxygens (including phenoxy) is 2. The molecule has 0 saturated carbocycles. The van der Waals surface area contributed by atoms with Crippen molar-refractivity contribution < 1.29 is 13.9 Å². The predicted octanol–water partition coefficient (Wildman–Crippen LogP) is 3.19. The molecule has 2 aliphatic rings. The summed E-state index contributed by atoms with van der Waals surface area (Å²) in [4.78, 5) is 6.71. The van der Waals surface area contributed by atoms with Crippen LogP contribution in [-0.4, -0.2) is 69.5 Å². The van der Waals surface area contributed by atoms with E-state index in [9.17, 15) is 4.39 Å². The number of benzene rings is 1. The lowest BCUT2D eigenvalue weighted by Crippen LogP contribution is -2.51. The Bertz CT molecular complexity index is 685. The highest BCUT2D eigenvalue weighted by molar-refractivity contribution is 6.31. The molecule has 2 aliphatic heterocycles. The van der Waals surface area contributed by atoms with Crippen LogP contribution in [0, 0.1) is 5.82 Å². The molecule has 8 heteroatoms. The summed E-state index contributed by atoms with van der Waals surface area (Å²) in [5.74, 6) is 0.530. The van der Waals surface area contributed by atoms with Crippen LogP contribution in [0.1, 0.15) is 37.7 Å². The molecular weight excluding hydrogens is 407 g/mol. The number of nitrogens with one attached hydrogen (secondary N) is 2. The Morgan fingerprint density at radius 2 is 2.17 bits per heavy atom. The lowest BCUT2D eigenvalue weighted by molar-refractivity contribution is -0.0320. The summed E-state index contributed by atoms with van der Waals surface area (Å²) in [7, 11) is 1.80. The number of piperidine rings is 1. The zero-order valence-electron chi connectivity index (χ0n) is 17.8. The number of aliphatic imine (C=N–C) groups is 1. The Labute approximate surface area is 184 Å². The molecule has 1 aromatic carbocycles. The van der Waals surface area contributed by atoms with E-state index >= 15 is 0 Å². The molecule has 0 aliphatic carbocycles. The van der Waals surface area contributed by atoms with Crippen molar-refractivity contribution in [2.24, 2.45) is 4.99 Å². The monoisotopic (exact) mass is 440 g/mol. The van der Waals surface area contributed by atoms with Crippen molar-refractivity contribution in [1.82, 2.24) is 15.5 Å². The summed E-state index contributed by atoms with van der Waals surface area (Å²) in [6, 6.07) is 4.95. The minimum Gasteiger partial charge on any atom is -0.381 e. The third kappa shape index (κ3) is 7.69. The Morgan fingerprint density at radius 1 is 1.33 bits per heavy atom. The van der Waals surface area contributed by atoms with E-state index in [4.69, 9.17) is 21.1 Å². The first-order valence-electron chi connectivity index (χ1n) is 11.0. The predicted molar refractivity (Wildman–Crippen MR) is 119 cm³/mol. The molecule has 0 radical (unpaired) electrons. The third-order valence-electron chi connectivity index (χ3n) is 5.61. The van der Waals surface area contributed by atoms with E-state index in [0.29, 0.717) is 17.2 Å². The number of hydrogen-bond donors (Lipinski definition) is 2. The van der Waals surface area contributed by atoms with Crippen molar-refractivity contribution >= 4 is 17.6 Å². The van der Waals surface area contributed by atoms with Gasteiger partial charge in [0, 0.05) is 57.6 Å². The highest BCUT2D eigenvalue weighted by atomic mass is 35.5. The van der Waals surface area contributed by atoms with Gasteiger partial charge in [0.05, 0.1) is 6.10 Å². The van der Waals surface area contributed by atoms with Crippen LogP contribution in [0.5, 0.6) is 0 Å². The molecule has 6 nitrogen and oxygen atoms in total. The molecule has 2 saturated heterocycles. The van der Waals surface area contributed by atoms with Gasteiger partial charge in [-0.05, 0) is 56.3 Å². The molecule has 0 amide bonds. The van der Waals surface area contributed by atoms with Gasteiger partial charge in [0.2, 0.25) is 0 Å². The number of halogens is 2. The molecule has 1 unspecified atom stereocenters. The van der Waals surface area contributed by atoms with Crippen molar-refractivity contribution in [3.8, 4) is 0 Å². The van der Waals surface area contributed by atoms with E-state index in [1.165, 1.54) is 12.1 Å². The summed E-state index contributed by atoms with van der Waals surface area (Å²) in [5, 5.41) is 7.41. The third-order valence-corrected chi connectivity index (χ3v) is 5.97. The van der Waals surface area contributed by atoms with Gasteiger partial charge in [0.25, 0.3) is 0 Å². The normalized spacial score (nSPS) is 21.6. The second-order valence-electron chi connectivity index (χ2n) is 7.99. The quantitative estimate of drug-likeness (QED) is 0.369. The van der Waals surface area contributed by atoms with Gasteiger partial charge >= 0.3 is 0 Å². The second-order valence-corrected chi connectivity index (χ2v) is 8.40. The van der Waals surface area contributed by atoms with E-state index in [2.05, 4.69) is 20.5 Å². The average Bonchev–Trinajstić information content (AvgIpc) is 2.76. The van der Waals surface area contributed by atoms with Crippen molar-refractivity contribution in [3.63, 3.8) is 0 Å². The zero-order chi connectivity index (χ0) is 21.2. The van der Waals surface area contributed by atoms with Crippen molar-refractivity contribution in [1.29, 1.82) is 0 Å². The van der Waals surface area contributed by atoms with Gasteiger partial charge in [-0.25, -0.2) is 4.39 Å². The van der Waals surface area contributed by atoms with Gasteiger partial charge in [0.15, 0.2) is 5.96 Å². The molecule has 1 aromatic rings. The van der Waals surface area contributed by atoms with Crippen molar-refractivity contribution in [3.05, 3.63) is 34.6 Å². The summed E-state index contributed by atoms with van der Waals surface area (Å²) in [5.41, 5.74) is 0.964. The lowest BCUT2D eigenvalue weighted by Gasteiger charge is -2.34. The fraction of sp³-hybridized carbons (Fsp3) is 0.682. The van der Waals surface area contributed by atoms with Crippen LogP contribution < -0.4 is 10.6 Å². The van der Waals surface area contributed by atoms with Crippen LogP contribution in [-0.2, 0) is 16.0 Å². The van der Waals surface area contributed by atoms with Crippen LogP contribution >= 0.6 is 11.6 Å².